The van der Waals surface area contributed by atoms with Crippen LogP contribution in [0.4, 0.5) is 0 Å². The Labute approximate surface area is 132 Å². The van der Waals surface area contributed by atoms with E-state index in [1.165, 1.54) is 0 Å². The van der Waals surface area contributed by atoms with Gasteiger partial charge in [0, 0.05) is 16.2 Å². The van der Waals surface area contributed by atoms with E-state index in [-0.39, 0.29) is 0 Å². The van der Waals surface area contributed by atoms with Crippen molar-refractivity contribution in [3.8, 4) is 17.0 Å². The molecule has 0 saturated heterocycles. The summed E-state index contributed by atoms with van der Waals surface area (Å²) >= 11 is 3.51. The second-order valence-electron chi connectivity index (χ2n) is 4.63. The molecule has 21 heavy (non-hydrogen) atoms. The number of nitrogens with zero attached hydrogens (tertiary/aromatic N) is 1. The summed E-state index contributed by atoms with van der Waals surface area (Å²) in [6, 6.07) is 22.0. The third-order valence-corrected chi connectivity index (χ3v) is 3.61. The van der Waals surface area contributed by atoms with Crippen LogP contribution in [0.15, 0.2) is 77.4 Å². The minimum absolute atomic E-state index is 0.544. The molecule has 1 heterocycles. The first-order valence-corrected chi connectivity index (χ1v) is 7.50. The zero-order valence-corrected chi connectivity index (χ0v) is 13.0. The maximum atomic E-state index is 5.97. The first kappa shape index (κ1) is 13.8. The highest BCUT2D eigenvalue weighted by Gasteiger charge is 2.08. The topological polar surface area (TPSA) is 22.1 Å². The SMILES string of the molecule is Brc1ccc(OCc2ccccc2)c(-c2ccccn2)c1. The van der Waals surface area contributed by atoms with Crippen LogP contribution in [-0.4, -0.2) is 4.98 Å². The molecule has 0 spiro atoms. The van der Waals surface area contributed by atoms with Crippen LogP contribution >= 0.6 is 15.9 Å². The van der Waals surface area contributed by atoms with Gasteiger partial charge in [0.05, 0.1) is 5.69 Å². The van der Waals surface area contributed by atoms with Crippen molar-refractivity contribution in [2.24, 2.45) is 0 Å². The normalized spacial score (nSPS) is 10.3. The lowest BCUT2D eigenvalue weighted by molar-refractivity contribution is 0.307. The number of halogens is 1. The van der Waals surface area contributed by atoms with Gasteiger partial charge in [-0.05, 0) is 35.9 Å². The molecule has 0 atom stereocenters. The molecule has 2 aromatic carbocycles. The van der Waals surface area contributed by atoms with E-state index in [9.17, 15) is 0 Å². The number of hydrogen-bond acceptors (Lipinski definition) is 2. The van der Waals surface area contributed by atoms with Gasteiger partial charge in [-0.15, -0.1) is 0 Å². The van der Waals surface area contributed by atoms with E-state index >= 15 is 0 Å². The zero-order valence-electron chi connectivity index (χ0n) is 11.4. The van der Waals surface area contributed by atoms with Gasteiger partial charge in [-0.3, -0.25) is 4.98 Å². The molecule has 104 valence electrons. The van der Waals surface area contributed by atoms with Gasteiger partial charge in [-0.2, -0.15) is 0 Å². The Balaban J connectivity index is 1.88. The van der Waals surface area contributed by atoms with E-state index in [4.69, 9.17) is 4.74 Å². The highest BCUT2D eigenvalue weighted by atomic mass is 79.9. The highest BCUT2D eigenvalue weighted by Crippen LogP contribution is 2.32. The molecule has 0 bridgehead atoms. The Bertz CT molecular complexity index is 714. The monoisotopic (exact) mass is 339 g/mol. The van der Waals surface area contributed by atoms with Gasteiger partial charge in [0.1, 0.15) is 12.4 Å². The molecule has 3 rings (SSSR count). The Morgan fingerprint density at radius 1 is 0.905 bits per heavy atom. The fourth-order valence-corrected chi connectivity index (χ4v) is 2.45. The molecule has 0 radical (unpaired) electrons. The maximum Gasteiger partial charge on any atom is 0.129 e. The molecule has 0 aliphatic heterocycles. The molecule has 0 unspecified atom stereocenters. The van der Waals surface area contributed by atoms with Crippen molar-refractivity contribution in [1.82, 2.24) is 4.98 Å². The third-order valence-electron chi connectivity index (χ3n) is 3.12. The van der Waals surface area contributed by atoms with Crippen molar-refractivity contribution in [3.05, 3.63) is 83.0 Å². The van der Waals surface area contributed by atoms with Gasteiger partial charge in [-0.25, -0.2) is 0 Å². The second kappa shape index (κ2) is 6.55. The van der Waals surface area contributed by atoms with E-state index in [0.29, 0.717) is 6.61 Å². The zero-order chi connectivity index (χ0) is 14.5. The van der Waals surface area contributed by atoms with Crippen LogP contribution in [0.1, 0.15) is 5.56 Å². The number of benzene rings is 2. The Hall–Kier alpha value is -2.13. The largest absolute Gasteiger partial charge is 0.488 e. The fraction of sp³-hybridized carbons (Fsp3) is 0.0556. The van der Waals surface area contributed by atoms with E-state index in [0.717, 1.165) is 27.0 Å². The molecule has 3 aromatic rings. The molecular formula is C18H14BrNO. The molecule has 0 saturated carbocycles. The molecule has 0 aliphatic carbocycles. The lowest BCUT2D eigenvalue weighted by Crippen LogP contribution is -1.97. The van der Waals surface area contributed by atoms with E-state index < -0.39 is 0 Å². The van der Waals surface area contributed by atoms with Crippen LogP contribution in [0.3, 0.4) is 0 Å². The number of pyridine rings is 1. The molecule has 0 fully saturated rings. The van der Waals surface area contributed by atoms with Crippen LogP contribution in [0, 0.1) is 0 Å². The van der Waals surface area contributed by atoms with Crippen LogP contribution in [0.5, 0.6) is 5.75 Å². The van der Waals surface area contributed by atoms with Crippen molar-refractivity contribution < 1.29 is 4.74 Å². The second-order valence-corrected chi connectivity index (χ2v) is 5.55. The van der Waals surface area contributed by atoms with Gasteiger partial charge in [0.25, 0.3) is 0 Å². The summed E-state index contributed by atoms with van der Waals surface area (Å²) in [7, 11) is 0. The van der Waals surface area contributed by atoms with E-state index in [1.807, 2.05) is 54.6 Å². The lowest BCUT2D eigenvalue weighted by Gasteiger charge is -2.12. The van der Waals surface area contributed by atoms with Crippen LogP contribution in [0.2, 0.25) is 0 Å². The number of aromatic nitrogens is 1. The fourth-order valence-electron chi connectivity index (χ4n) is 2.09. The van der Waals surface area contributed by atoms with Crippen molar-refractivity contribution in [3.63, 3.8) is 0 Å². The first-order valence-electron chi connectivity index (χ1n) is 6.70. The van der Waals surface area contributed by atoms with Gasteiger partial charge in [-0.1, -0.05) is 52.3 Å². The Morgan fingerprint density at radius 2 is 1.71 bits per heavy atom. The van der Waals surface area contributed by atoms with Crippen molar-refractivity contribution in [2.75, 3.05) is 0 Å². The quantitative estimate of drug-likeness (QED) is 0.660. The first-order chi connectivity index (χ1) is 10.3. The molecular weight excluding hydrogens is 326 g/mol. The van der Waals surface area contributed by atoms with Crippen LogP contribution in [0.25, 0.3) is 11.3 Å². The van der Waals surface area contributed by atoms with E-state index in [2.05, 4.69) is 33.0 Å². The predicted molar refractivity (Wildman–Crippen MR) is 88.1 cm³/mol. The Kier molecular flexibility index (Phi) is 4.31. The lowest BCUT2D eigenvalue weighted by atomic mass is 10.1. The predicted octanol–water partition coefficient (Wildman–Crippen LogP) is 5.09. The minimum atomic E-state index is 0.544. The van der Waals surface area contributed by atoms with Crippen molar-refractivity contribution in [2.45, 2.75) is 6.61 Å². The summed E-state index contributed by atoms with van der Waals surface area (Å²) in [4.78, 5) is 4.40. The van der Waals surface area contributed by atoms with Gasteiger partial charge in [0.15, 0.2) is 0 Å². The Morgan fingerprint density at radius 3 is 2.48 bits per heavy atom. The highest BCUT2D eigenvalue weighted by molar-refractivity contribution is 9.10. The van der Waals surface area contributed by atoms with Crippen LogP contribution < -0.4 is 4.74 Å². The smallest absolute Gasteiger partial charge is 0.129 e. The van der Waals surface area contributed by atoms with Gasteiger partial charge >= 0.3 is 0 Å². The summed E-state index contributed by atoms with van der Waals surface area (Å²) < 4.78 is 6.98. The summed E-state index contributed by atoms with van der Waals surface area (Å²) in [6.07, 6.45) is 1.79. The summed E-state index contributed by atoms with van der Waals surface area (Å²) in [5.41, 5.74) is 3.04. The summed E-state index contributed by atoms with van der Waals surface area (Å²) in [6.45, 7) is 0.544. The molecule has 3 heteroatoms. The standard InChI is InChI=1S/C18H14BrNO/c19-15-9-10-18(21-13-14-6-2-1-3-7-14)16(12-15)17-8-4-5-11-20-17/h1-12H,13H2. The molecule has 0 aliphatic rings. The number of rotatable bonds is 4. The maximum absolute atomic E-state index is 5.97. The van der Waals surface area contributed by atoms with Crippen molar-refractivity contribution in [1.29, 1.82) is 0 Å². The molecule has 0 N–H and O–H groups in total. The number of hydrogen-bond donors (Lipinski definition) is 0. The average molecular weight is 340 g/mol. The molecule has 2 nitrogen and oxygen atoms in total. The van der Waals surface area contributed by atoms with E-state index in [1.54, 1.807) is 6.20 Å². The summed E-state index contributed by atoms with van der Waals surface area (Å²) in [5.74, 6) is 0.834. The molecule has 0 amide bonds. The minimum Gasteiger partial charge on any atom is -0.488 e. The van der Waals surface area contributed by atoms with Crippen molar-refractivity contribution >= 4 is 15.9 Å². The average Bonchev–Trinajstić information content (AvgIpc) is 2.55. The third kappa shape index (κ3) is 3.50. The molecule has 1 aromatic heterocycles. The number of ether oxygens (including phenoxy) is 1. The summed E-state index contributed by atoms with van der Waals surface area (Å²) in [5, 5.41) is 0. The van der Waals surface area contributed by atoms with Gasteiger partial charge < -0.3 is 4.74 Å². The van der Waals surface area contributed by atoms with Gasteiger partial charge in [0.2, 0.25) is 0 Å². The van der Waals surface area contributed by atoms with Crippen LogP contribution in [-0.2, 0) is 6.61 Å².